The van der Waals surface area contributed by atoms with Crippen LogP contribution >= 0.6 is 8.53 Å². The van der Waals surface area contributed by atoms with Crippen LogP contribution in [0.5, 0.6) is 0 Å². The van der Waals surface area contributed by atoms with Crippen LogP contribution in [0.15, 0.2) is 97.1 Å². The smallest absolute Gasteiger partial charge is 0.258 e. The standard InChI is InChI=1S/C32H32NO2P/c1-3-33(4-2)36(34-21-31-27-17-9-5-13-23(27)24-14-6-10-18-28(24)31)35-22-32-29-19-11-7-15-25(29)26-16-8-12-20-30(26)32/h5-20,31-32H,3-4,21-22H2,1-2H3. The molecule has 3 nitrogen and oxygen atoms in total. The summed E-state index contributed by atoms with van der Waals surface area (Å²) in [6, 6.07) is 35.0. The van der Waals surface area contributed by atoms with Crippen LogP contribution in [0.4, 0.5) is 0 Å². The molecule has 4 heteroatoms. The Hall–Kier alpha value is -2.81. The van der Waals surface area contributed by atoms with Crippen molar-refractivity contribution < 1.29 is 9.05 Å². The number of benzene rings is 4. The molecule has 36 heavy (non-hydrogen) atoms. The predicted octanol–water partition coefficient (Wildman–Crippen LogP) is 8.21. The minimum absolute atomic E-state index is 0.231. The van der Waals surface area contributed by atoms with E-state index in [1.807, 2.05) is 0 Å². The average Bonchev–Trinajstić information content (AvgIpc) is 3.43. The summed E-state index contributed by atoms with van der Waals surface area (Å²) in [7, 11) is -1.18. The van der Waals surface area contributed by atoms with Gasteiger partial charge in [0.25, 0.3) is 8.53 Å². The monoisotopic (exact) mass is 493 g/mol. The molecular formula is C32H32NO2P. The van der Waals surface area contributed by atoms with Gasteiger partial charge in [-0.25, -0.2) is 4.67 Å². The first-order chi connectivity index (χ1) is 17.8. The summed E-state index contributed by atoms with van der Waals surface area (Å²) >= 11 is 0. The molecule has 4 aromatic carbocycles. The Balaban J connectivity index is 1.23. The molecule has 4 aromatic rings. The second-order valence-electron chi connectivity index (χ2n) is 9.42. The van der Waals surface area contributed by atoms with Gasteiger partial charge < -0.3 is 9.05 Å². The van der Waals surface area contributed by atoms with E-state index < -0.39 is 8.53 Å². The van der Waals surface area contributed by atoms with Crippen LogP contribution in [0.1, 0.15) is 47.9 Å². The molecule has 0 N–H and O–H groups in total. The molecule has 2 aliphatic carbocycles. The van der Waals surface area contributed by atoms with Crippen LogP contribution in [0.25, 0.3) is 22.3 Å². The van der Waals surface area contributed by atoms with Crippen LogP contribution in [-0.4, -0.2) is 31.0 Å². The Labute approximate surface area is 215 Å². The van der Waals surface area contributed by atoms with Gasteiger partial charge >= 0.3 is 0 Å². The second kappa shape index (κ2) is 10.3. The summed E-state index contributed by atoms with van der Waals surface area (Å²) in [6.45, 7) is 7.41. The summed E-state index contributed by atoms with van der Waals surface area (Å²) in [5.41, 5.74) is 10.7. The van der Waals surface area contributed by atoms with Gasteiger partial charge in [0.05, 0.1) is 13.2 Å². The molecule has 0 aliphatic heterocycles. The van der Waals surface area contributed by atoms with E-state index in [0.29, 0.717) is 13.2 Å². The lowest BCUT2D eigenvalue weighted by Crippen LogP contribution is -2.22. The van der Waals surface area contributed by atoms with Crippen LogP contribution in [0.3, 0.4) is 0 Å². The van der Waals surface area contributed by atoms with Crippen molar-refractivity contribution in [3.63, 3.8) is 0 Å². The highest BCUT2D eigenvalue weighted by Gasteiger charge is 2.33. The maximum Gasteiger partial charge on any atom is 0.258 e. The van der Waals surface area contributed by atoms with Gasteiger partial charge in [0.1, 0.15) is 0 Å². The van der Waals surface area contributed by atoms with E-state index in [1.165, 1.54) is 44.5 Å². The van der Waals surface area contributed by atoms with Crippen LogP contribution in [0, 0.1) is 0 Å². The number of hydrogen-bond donors (Lipinski definition) is 0. The van der Waals surface area contributed by atoms with Crippen LogP contribution in [-0.2, 0) is 9.05 Å². The van der Waals surface area contributed by atoms with Gasteiger partial charge in [-0.15, -0.1) is 0 Å². The number of fused-ring (bicyclic) bond motifs is 6. The molecule has 6 rings (SSSR count). The van der Waals surface area contributed by atoms with Gasteiger partial charge in [-0.1, -0.05) is 111 Å². The highest BCUT2D eigenvalue weighted by atomic mass is 31.2. The third-order valence-corrected chi connectivity index (χ3v) is 9.36. The van der Waals surface area contributed by atoms with E-state index in [9.17, 15) is 0 Å². The van der Waals surface area contributed by atoms with E-state index in [0.717, 1.165) is 13.1 Å². The highest BCUT2D eigenvalue weighted by molar-refractivity contribution is 7.44. The van der Waals surface area contributed by atoms with Gasteiger partial charge in [-0.3, -0.25) is 0 Å². The second-order valence-corrected chi connectivity index (χ2v) is 11.0. The fourth-order valence-electron chi connectivity index (χ4n) is 5.81. The van der Waals surface area contributed by atoms with Gasteiger partial charge in [-0.2, -0.15) is 0 Å². The van der Waals surface area contributed by atoms with Crippen molar-refractivity contribution in [2.45, 2.75) is 25.7 Å². The molecule has 0 unspecified atom stereocenters. The Kier molecular flexibility index (Phi) is 6.73. The Morgan fingerprint density at radius 2 is 0.833 bits per heavy atom. The molecule has 0 fully saturated rings. The maximum absolute atomic E-state index is 6.69. The number of nitrogens with zero attached hydrogens (tertiary/aromatic N) is 1. The third kappa shape index (κ3) is 4.11. The van der Waals surface area contributed by atoms with E-state index >= 15 is 0 Å². The fourth-order valence-corrected chi connectivity index (χ4v) is 7.23. The van der Waals surface area contributed by atoms with Crippen molar-refractivity contribution in [3.05, 3.63) is 119 Å². The molecule has 0 atom stereocenters. The molecule has 0 aromatic heterocycles. The minimum Gasteiger partial charge on any atom is -0.321 e. The highest BCUT2D eigenvalue weighted by Crippen LogP contribution is 2.51. The Morgan fingerprint density at radius 1 is 0.528 bits per heavy atom. The minimum atomic E-state index is -1.18. The topological polar surface area (TPSA) is 21.7 Å². The molecule has 0 bridgehead atoms. The molecule has 0 radical (unpaired) electrons. The summed E-state index contributed by atoms with van der Waals surface area (Å²) in [5.74, 6) is 0.462. The van der Waals surface area contributed by atoms with Crippen molar-refractivity contribution in [2.24, 2.45) is 0 Å². The van der Waals surface area contributed by atoms with E-state index in [-0.39, 0.29) is 11.8 Å². The van der Waals surface area contributed by atoms with Crippen molar-refractivity contribution in [1.82, 2.24) is 4.67 Å². The summed E-state index contributed by atoms with van der Waals surface area (Å²) in [6.07, 6.45) is 0. The zero-order valence-corrected chi connectivity index (χ0v) is 21.8. The SMILES string of the molecule is CCN(CC)P(OCC1c2ccccc2-c2ccccc21)OCC1c2ccccc2-c2ccccc21. The zero-order chi connectivity index (χ0) is 24.5. The molecule has 182 valence electrons. The first-order valence-electron chi connectivity index (χ1n) is 13.0. The average molecular weight is 494 g/mol. The molecule has 0 heterocycles. The summed E-state index contributed by atoms with van der Waals surface area (Å²) < 4.78 is 15.7. The molecule has 0 spiro atoms. The lowest BCUT2D eigenvalue weighted by molar-refractivity contribution is 0.199. The van der Waals surface area contributed by atoms with Gasteiger partial charge in [0.2, 0.25) is 0 Å². The fraction of sp³-hybridized carbons (Fsp3) is 0.250. The Bertz CT molecular complexity index is 1180. The van der Waals surface area contributed by atoms with Crippen molar-refractivity contribution >= 4 is 8.53 Å². The predicted molar refractivity (Wildman–Crippen MR) is 149 cm³/mol. The maximum atomic E-state index is 6.69. The zero-order valence-electron chi connectivity index (χ0n) is 20.9. The van der Waals surface area contributed by atoms with Gasteiger partial charge in [0, 0.05) is 24.9 Å². The molecule has 0 amide bonds. The van der Waals surface area contributed by atoms with Gasteiger partial charge in [-0.05, 0) is 44.5 Å². The summed E-state index contributed by atoms with van der Waals surface area (Å²) in [5, 5.41) is 0. The van der Waals surface area contributed by atoms with E-state index in [2.05, 4.69) is 116 Å². The van der Waals surface area contributed by atoms with Crippen molar-refractivity contribution in [1.29, 1.82) is 0 Å². The third-order valence-electron chi connectivity index (χ3n) is 7.59. The largest absolute Gasteiger partial charge is 0.321 e. The number of rotatable bonds is 9. The van der Waals surface area contributed by atoms with E-state index in [4.69, 9.17) is 9.05 Å². The van der Waals surface area contributed by atoms with E-state index in [1.54, 1.807) is 0 Å². The quantitative estimate of drug-likeness (QED) is 0.219. The number of hydrogen-bond acceptors (Lipinski definition) is 3. The molecule has 2 aliphatic rings. The Morgan fingerprint density at radius 3 is 1.14 bits per heavy atom. The van der Waals surface area contributed by atoms with Crippen LogP contribution in [0.2, 0.25) is 0 Å². The van der Waals surface area contributed by atoms with Crippen LogP contribution < -0.4 is 0 Å². The molecule has 0 saturated heterocycles. The van der Waals surface area contributed by atoms with Crippen molar-refractivity contribution in [3.8, 4) is 22.3 Å². The lowest BCUT2D eigenvalue weighted by atomic mass is 9.98. The normalized spacial score (nSPS) is 14.2. The lowest BCUT2D eigenvalue weighted by Gasteiger charge is -2.30. The molecule has 0 saturated carbocycles. The molecular weight excluding hydrogens is 461 g/mol. The first-order valence-corrected chi connectivity index (χ1v) is 14.1. The first kappa shape index (κ1) is 23.6. The van der Waals surface area contributed by atoms with Gasteiger partial charge in [0.15, 0.2) is 0 Å². The van der Waals surface area contributed by atoms with Crippen molar-refractivity contribution in [2.75, 3.05) is 26.3 Å². The summed E-state index contributed by atoms with van der Waals surface area (Å²) in [4.78, 5) is 0.